The molecule has 1 amide bonds. The van der Waals surface area contributed by atoms with Crippen molar-refractivity contribution in [3.05, 3.63) is 57.9 Å². The monoisotopic (exact) mass is 428 g/mol. The van der Waals surface area contributed by atoms with Crippen LogP contribution in [0.1, 0.15) is 61.9 Å². The molecular weight excluding hydrogens is 396 g/mol. The van der Waals surface area contributed by atoms with Crippen LogP contribution in [0.4, 0.5) is 0 Å². The average molecular weight is 429 g/mol. The Kier molecular flexibility index (Phi) is 8.16. The third-order valence-electron chi connectivity index (χ3n) is 5.65. The Morgan fingerprint density at radius 3 is 2.19 bits per heavy atom. The Morgan fingerprint density at radius 2 is 1.68 bits per heavy atom. The Balaban J connectivity index is 2.48. The average Bonchev–Trinajstić information content (AvgIpc) is 3.02. The van der Waals surface area contributed by atoms with Crippen molar-refractivity contribution in [2.24, 2.45) is 0 Å². The topological polar surface area (TPSA) is 77.8 Å². The van der Waals surface area contributed by atoms with Crippen molar-refractivity contribution in [2.75, 3.05) is 27.4 Å². The highest BCUT2D eigenvalue weighted by Gasteiger charge is 2.33. The molecule has 0 aliphatic heterocycles. The minimum atomic E-state index is -0.737. The number of benzene rings is 1. The van der Waals surface area contributed by atoms with E-state index in [1.165, 1.54) is 12.0 Å². The quantitative estimate of drug-likeness (QED) is 0.451. The predicted molar refractivity (Wildman–Crippen MR) is 119 cm³/mol. The number of esters is 1. The second kappa shape index (κ2) is 10.4. The molecule has 0 saturated heterocycles. The first kappa shape index (κ1) is 24.3. The first-order valence-corrected chi connectivity index (χ1v) is 10.4. The van der Waals surface area contributed by atoms with Crippen LogP contribution in [0, 0.1) is 20.8 Å². The van der Waals surface area contributed by atoms with Crippen LogP contribution in [0.3, 0.4) is 0 Å². The molecule has 168 valence electrons. The largest absolute Gasteiger partial charge is 0.464 e. The molecule has 0 aliphatic carbocycles. The third-order valence-corrected chi connectivity index (χ3v) is 5.65. The zero-order valence-corrected chi connectivity index (χ0v) is 19.4. The summed E-state index contributed by atoms with van der Waals surface area (Å²) in [6, 6.07) is 6.51. The minimum Gasteiger partial charge on any atom is -0.464 e. The number of ether oxygens (including phenoxy) is 2. The van der Waals surface area contributed by atoms with Crippen LogP contribution in [0.2, 0.25) is 0 Å². The maximum Gasteiger partial charge on any atom is 0.354 e. The van der Waals surface area contributed by atoms with Gasteiger partial charge >= 0.3 is 5.97 Å². The normalized spacial score (nSPS) is 11.8. The van der Waals surface area contributed by atoms with Gasteiger partial charge in [0.2, 0.25) is 0 Å². The molecule has 0 unspecified atom stereocenters. The van der Waals surface area contributed by atoms with Gasteiger partial charge in [0, 0.05) is 37.0 Å². The molecule has 31 heavy (non-hydrogen) atoms. The van der Waals surface area contributed by atoms with E-state index in [1.807, 2.05) is 32.9 Å². The second-order valence-corrected chi connectivity index (χ2v) is 7.57. The van der Waals surface area contributed by atoms with Gasteiger partial charge in [0.25, 0.3) is 5.91 Å². The summed E-state index contributed by atoms with van der Waals surface area (Å²) in [4.78, 5) is 40.7. The van der Waals surface area contributed by atoms with E-state index in [4.69, 9.17) is 9.47 Å². The molecule has 0 fully saturated rings. The summed E-state index contributed by atoms with van der Waals surface area (Å²) in [7, 11) is 2.88. The highest BCUT2D eigenvalue weighted by Crippen LogP contribution is 2.26. The number of aryl methyl sites for hydroxylation is 1. The number of amides is 1. The van der Waals surface area contributed by atoms with Crippen LogP contribution in [0.5, 0.6) is 0 Å². The fourth-order valence-corrected chi connectivity index (χ4v) is 3.89. The van der Waals surface area contributed by atoms with Crippen LogP contribution in [0.15, 0.2) is 24.3 Å². The number of nitrogens with zero attached hydrogens (tertiary/aromatic N) is 2. The molecule has 0 bridgehead atoms. The molecule has 7 heteroatoms. The van der Waals surface area contributed by atoms with E-state index in [9.17, 15) is 14.4 Å². The fraction of sp³-hybridized carbons (Fsp3) is 0.458. The zero-order valence-electron chi connectivity index (χ0n) is 19.4. The van der Waals surface area contributed by atoms with E-state index < -0.39 is 12.0 Å². The van der Waals surface area contributed by atoms with Crippen molar-refractivity contribution in [3.8, 4) is 0 Å². The van der Waals surface area contributed by atoms with Crippen LogP contribution >= 0.6 is 0 Å². The number of rotatable bonds is 9. The number of methoxy groups -OCH3 is 2. The van der Waals surface area contributed by atoms with Gasteiger partial charge in [0.15, 0.2) is 5.78 Å². The number of carbonyl (C=O) groups is 3. The summed E-state index contributed by atoms with van der Waals surface area (Å²) in [5.74, 6) is -0.943. The third kappa shape index (κ3) is 4.88. The highest BCUT2D eigenvalue weighted by molar-refractivity contribution is 6.07. The fourth-order valence-electron chi connectivity index (χ4n) is 3.89. The van der Waals surface area contributed by atoms with Crippen LogP contribution < -0.4 is 0 Å². The molecule has 1 aromatic heterocycles. The van der Waals surface area contributed by atoms with E-state index in [-0.39, 0.29) is 18.2 Å². The summed E-state index contributed by atoms with van der Waals surface area (Å²) in [6.07, 6.45) is 0. The van der Waals surface area contributed by atoms with Gasteiger partial charge in [0.05, 0.1) is 19.8 Å². The van der Waals surface area contributed by atoms with Crippen LogP contribution in [-0.4, -0.2) is 60.5 Å². The van der Waals surface area contributed by atoms with Crippen molar-refractivity contribution in [2.45, 2.75) is 47.2 Å². The first-order chi connectivity index (χ1) is 14.7. The van der Waals surface area contributed by atoms with E-state index in [0.717, 1.165) is 5.56 Å². The Morgan fingerprint density at radius 1 is 1.06 bits per heavy atom. The molecule has 7 nitrogen and oxygen atoms in total. The molecule has 0 radical (unpaired) electrons. The summed E-state index contributed by atoms with van der Waals surface area (Å²) >= 11 is 0. The van der Waals surface area contributed by atoms with Gasteiger partial charge in [-0.1, -0.05) is 17.7 Å². The minimum absolute atomic E-state index is 0.219. The Hall–Kier alpha value is -2.93. The van der Waals surface area contributed by atoms with Gasteiger partial charge in [-0.25, -0.2) is 4.79 Å². The van der Waals surface area contributed by atoms with Crippen molar-refractivity contribution in [1.82, 2.24) is 9.47 Å². The Labute approximate surface area is 183 Å². The van der Waals surface area contributed by atoms with E-state index in [1.54, 1.807) is 37.7 Å². The first-order valence-electron chi connectivity index (χ1n) is 10.4. The van der Waals surface area contributed by atoms with E-state index in [2.05, 4.69) is 0 Å². The molecule has 1 aromatic carbocycles. The molecule has 1 atom stereocenters. The molecule has 0 aliphatic rings. The zero-order chi connectivity index (χ0) is 23.3. The van der Waals surface area contributed by atoms with Crippen molar-refractivity contribution in [3.63, 3.8) is 0 Å². The van der Waals surface area contributed by atoms with Crippen molar-refractivity contribution in [1.29, 1.82) is 0 Å². The number of carbonyl (C=O) groups excluding carboxylic acids is 3. The van der Waals surface area contributed by atoms with Crippen LogP contribution in [-0.2, 0) is 16.0 Å². The maximum atomic E-state index is 13.6. The lowest BCUT2D eigenvalue weighted by Gasteiger charge is -2.28. The maximum absolute atomic E-state index is 13.6. The lowest BCUT2D eigenvalue weighted by Crippen LogP contribution is -2.45. The van der Waals surface area contributed by atoms with Gasteiger partial charge in [-0.05, 0) is 52.3 Å². The molecule has 0 N–H and O–H groups in total. The van der Waals surface area contributed by atoms with Gasteiger partial charge in [-0.15, -0.1) is 0 Å². The summed E-state index contributed by atoms with van der Waals surface area (Å²) in [5.41, 5.74) is 3.63. The number of aromatic nitrogens is 1. The summed E-state index contributed by atoms with van der Waals surface area (Å²) in [6.45, 7) is 10.2. The SMILES string of the molecule is CCn1c(C)c(C(=O)[C@H](C)N(CCOC)C(=O)c2ccc(C)cc2)c(C)c1C(=O)OC. The second-order valence-electron chi connectivity index (χ2n) is 7.57. The summed E-state index contributed by atoms with van der Waals surface area (Å²) in [5, 5.41) is 0. The lowest BCUT2D eigenvalue weighted by atomic mass is 9.99. The molecule has 1 heterocycles. The van der Waals surface area contributed by atoms with Gasteiger partial charge in [0.1, 0.15) is 5.69 Å². The molecule has 2 aromatic rings. The molecular formula is C24H32N2O5. The van der Waals surface area contributed by atoms with Crippen molar-refractivity contribution < 1.29 is 23.9 Å². The number of Topliss-reactive ketones (excluding diaryl/α,β-unsaturated/α-hetero) is 1. The number of ketones is 1. The lowest BCUT2D eigenvalue weighted by molar-refractivity contribution is 0.0563. The molecule has 0 saturated carbocycles. The number of hydrogen-bond donors (Lipinski definition) is 0. The van der Waals surface area contributed by atoms with Crippen molar-refractivity contribution >= 4 is 17.7 Å². The van der Waals surface area contributed by atoms with Gasteiger partial charge in [-0.3, -0.25) is 9.59 Å². The van der Waals surface area contributed by atoms with Gasteiger partial charge in [-0.2, -0.15) is 0 Å². The summed E-state index contributed by atoms with van der Waals surface area (Å²) < 4.78 is 11.9. The molecule has 0 spiro atoms. The van der Waals surface area contributed by atoms with E-state index >= 15 is 0 Å². The number of hydrogen-bond acceptors (Lipinski definition) is 5. The smallest absolute Gasteiger partial charge is 0.354 e. The predicted octanol–water partition coefficient (Wildman–Crippen LogP) is 3.58. The van der Waals surface area contributed by atoms with Crippen LogP contribution in [0.25, 0.3) is 0 Å². The van der Waals surface area contributed by atoms with Gasteiger partial charge < -0.3 is 18.9 Å². The highest BCUT2D eigenvalue weighted by atomic mass is 16.5. The standard InChI is InChI=1S/C24H32N2O5/c1-8-25-17(4)20(16(3)21(25)24(29)31-7)22(27)18(5)26(13-14-30-6)23(28)19-11-9-15(2)10-12-19/h9-12,18H,8,13-14H2,1-7H3/t18-/m0/s1. The Bertz CT molecular complexity index is 959. The van der Waals surface area contributed by atoms with E-state index in [0.29, 0.717) is 41.2 Å². The molecule has 2 rings (SSSR count).